The van der Waals surface area contributed by atoms with E-state index < -0.39 is 0 Å². The number of anilines is 1. The molecule has 1 aliphatic rings. The summed E-state index contributed by atoms with van der Waals surface area (Å²) in [6.45, 7) is 5.29. The van der Waals surface area contributed by atoms with Crippen LogP contribution in [0.25, 0.3) is 0 Å². The van der Waals surface area contributed by atoms with Gasteiger partial charge in [-0.05, 0) is 30.9 Å². The fourth-order valence-corrected chi connectivity index (χ4v) is 5.00. The number of hydrogen-bond donors (Lipinski definition) is 1. The van der Waals surface area contributed by atoms with E-state index >= 15 is 0 Å². The number of methoxy groups -OCH3 is 3. The van der Waals surface area contributed by atoms with Gasteiger partial charge in [0.15, 0.2) is 11.5 Å². The SMILES string of the molecule is COc1cc(NC2CCN(C(=O)OC[C@H](C)N(Cc3ccccc3)Cc3ccccc3)CC2)cc(OC)c1OC.S. The summed E-state index contributed by atoms with van der Waals surface area (Å²) in [6.07, 6.45) is 1.38. The molecular formula is C32H43N3O5S. The molecule has 1 N–H and O–H groups in total. The third-order valence-corrected chi connectivity index (χ3v) is 7.32. The Morgan fingerprint density at radius 1 is 0.878 bits per heavy atom. The van der Waals surface area contributed by atoms with Crippen LogP contribution in [0.5, 0.6) is 17.2 Å². The van der Waals surface area contributed by atoms with Gasteiger partial charge in [-0.2, -0.15) is 13.5 Å². The van der Waals surface area contributed by atoms with Crippen molar-refractivity contribution < 1.29 is 23.7 Å². The highest BCUT2D eigenvalue weighted by atomic mass is 32.1. The first kappa shape index (κ1) is 32.0. The number of hydrogen-bond acceptors (Lipinski definition) is 7. The molecule has 1 amide bonds. The van der Waals surface area contributed by atoms with E-state index in [2.05, 4.69) is 65.7 Å². The van der Waals surface area contributed by atoms with Crippen molar-refractivity contribution in [2.75, 3.05) is 46.3 Å². The molecule has 1 saturated heterocycles. The van der Waals surface area contributed by atoms with E-state index in [1.165, 1.54) is 11.1 Å². The van der Waals surface area contributed by atoms with Crippen LogP contribution < -0.4 is 19.5 Å². The Hall–Kier alpha value is -3.56. The minimum atomic E-state index is -0.252. The number of benzene rings is 3. The maximum absolute atomic E-state index is 13.0. The lowest BCUT2D eigenvalue weighted by atomic mass is 10.0. The second kappa shape index (κ2) is 16.0. The molecule has 0 unspecified atom stereocenters. The second-order valence-electron chi connectivity index (χ2n) is 10.1. The highest BCUT2D eigenvalue weighted by molar-refractivity contribution is 7.59. The summed E-state index contributed by atoms with van der Waals surface area (Å²) in [7, 11) is 4.80. The van der Waals surface area contributed by atoms with E-state index in [0.717, 1.165) is 31.6 Å². The monoisotopic (exact) mass is 581 g/mol. The first-order chi connectivity index (χ1) is 19.5. The number of carbonyl (C=O) groups excluding carboxylic acids is 1. The van der Waals surface area contributed by atoms with Crippen molar-refractivity contribution in [3.63, 3.8) is 0 Å². The van der Waals surface area contributed by atoms with E-state index in [1.54, 1.807) is 26.2 Å². The molecule has 222 valence electrons. The summed E-state index contributed by atoms with van der Waals surface area (Å²) < 4.78 is 22.2. The smallest absolute Gasteiger partial charge is 0.409 e. The molecule has 3 aromatic carbocycles. The number of rotatable bonds is 12. The average molecular weight is 582 g/mol. The molecule has 9 heteroatoms. The summed E-state index contributed by atoms with van der Waals surface area (Å²) in [5, 5.41) is 3.55. The second-order valence-corrected chi connectivity index (χ2v) is 10.1. The lowest BCUT2D eigenvalue weighted by Gasteiger charge is -2.33. The van der Waals surface area contributed by atoms with Gasteiger partial charge in [0, 0.05) is 56.1 Å². The average Bonchev–Trinajstić information content (AvgIpc) is 3.00. The highest BCUT2D eigenvalue weighted by Crippen LogP contribution is 2.40. The molecule has 0 saturated carbocycles. The van der Waals surface area contributed by atoms with Crippen molar-refractivity contribution in [3.8, 4) is 17.2 Å². The summed E-state index contributed by atoms with van der Waals surface area (Å²) in [6, 6.07) is 24.9. The van der Waals surface area contributed by atoms with Gasteiger partial charge >= 0.3 is 6.09 Å². The third-order valence-electron chi connectivity index (χ3n) is 7.32. The maximum Gasteiger partial charge on any atom is 0.409 e. The predicted octanol–water partition coefficient (Wildman–Crippen LogP) is 5.93. The lowest BCUT2D eigenvalue weighted by molar-refractivity contribution is 0.0595. The minimum Gasteiger partial charge on any atom is -0.493 e. The predicted molar refractivity (Wildman–Crippen MR) is 168 cm³/mol. The van der Waals surface area contributed by atoms with Gasteiger partial charge in [0.05, 0.1) is 21.3 Å². The molecule has 4 rings (SSSR count). The zero-order valence-electron chi connectivity index (χ0n) is 24.5. The van der Waals surface area contributed by atoms with E-state index in [-0.39, 0.29) is 31.7 Å². The molecule has 41 heavy (non-hydrogen) atoms. The van der Waals surface area contributed by atoms with Gasteiger partial charge in [-0.25, -0.2) is 4.79 Å². The quantitative estimate of drug-likeness (QED) is 0.284. The van der Waals surface area contributed by atoms with Crippen molar-refractivity contribution in [3.05, 3.63) is 83.9 Å². The highest BCUT2D eigenvalue weighted by Gasteiger charge is 2.26. The van der Waals surface area contributed by atoms with Crippen LogP contribution in [0.3, 0.4) is 0 Å². The van der Waals surface area contributed by atoms with Crippen molar-refractivity contribution in [1.29, 1.82) is 0 Å². The van der Waals surface area contributed by atoms with Crippen molar-refractivity contribution in [1.82, 2.24) is 9.80 Å². The van der Waals surface area contributed by atoms with Crippen LogP contribution >= 0.6 is 13.5 Å². The Balaban J connectivity index is 0.00000462. The summed E-state index contributed by atoms with van der Waals surface area (Å²) in [5.41, 5.74) is 3.36. The summed E-state index contributed by atoms with van der Waals surface area (Å²) in [4.78, 5) is 17.1. The number of likely N-dealkylation sites (tertiary alicyclic amines) is 1. The molecule has 0 aliphatic carbocycles. The number of nitrogens with zero attached hydrogens (tertiary/aromatic N) is 2. The maximum atomic E-state index is 13.0. The summed E-state index contributed by atoms with van der Waals surface area (Å²) >= 11 is 0. The number of amides is 1. The van der Waals surface area contributed by atoms with Crippen molar-refractivity contribution >= 4 is 25.3 Å². The van der Waals surface area contributed by atoms with E-state index in [9.17, 15) is 4.79 Å². The Kier molecular flexibility index (Phi) is 12.5. The Labute approximate surface area is 251 Å². The zero-order chi connectivity index (χ0) is 28.3. The molecule has 0 bridgehead atoms. The molecule has 8 nitrogen and oxygen atoms in total. The Morgan fingerprint density at radius 2 is 1.39 bits per heavy atom. The van der Waals surface area contributed by atoms with Crippen LogP contribution in [0.1, 0.15) is 30.9 Å². The van der Waals surface area contributed by atoms with E-state index in [4.69, 9.17) is 18.9 Å². The molecule has 0 radical (unpaired) electrons. The van der Waals surface area contributed by atoms with Gasteiger partial charge < -0.3 is 29.2 Å². The van der Waals surface area contributed by atoms with Gasteiger partial charge in [-0.1, -0.05) is 60.7 Å². The fourth-order valence-electron chi connectivity index (χ4n) is 5.00. The van der Waals surface area contributed by atoms with E-state index in [0.29, 0.717) is 36.9 Å². The first-order valence-corrected chi connectivity index (χ1v) is 13.8. The first-order valence-electron chi connectivity index (χ1n) is 13.8. The molecule has 1 atom stereocenters. The summed E-state index contributed by atoms with van der Waals surface area (Å²) in [5.74, 6) is 1.77. The lowest BCUT2D eigenvalue weighted by Crippen LogP contribution is -2.44. The fraction of sp³-hybridized carbons (Fsp3) is 0.406. The van der Waals surface area contributed by atoms with Crippen LogP contribution in [0.2, 0.25) is 0 Å². The Morgan fingerprint density at radius 3 is 1.85 bits per heavy atom. The van der Waals surface area contributed by atoms with Crippen molar-refractivity contribution in [2.24, 2.45) is 0 Å². The molecule has 0 aromatic heterocycles. The number of piperidine rings is 1. The topological polar surface area (TPSA) is 72.5 Å². The van der Waals surface area contributed by atoms with Gasteiger partial charge in [-0.15, -0.1) is 0 Å². The van der Waals surface area contributed by atoms with Crippen molar-refractivity contribution in [2.45, 2.75) is 44.9 Å². The molecular weight excluding hydrogens is 538 g/mol. The molecule has 1 aliphatic heterocycles. The van der Waals surface area contributed by atoms with Gasteiger partial charge in [0.25, 0.3) is 0 Å². The van der Waals surface area contributed by atoms with Crippen LogP contribution in [-0.2, 0) is 17.8 Å². The molecule has 1 fully saturated rings. The number of nitrogens with one attached hydrogen (secondary N) is 1. The number of carbonyl (C=O) groups is 1. The molecule has 1 heterocycles. The third kappa shape index (κ3) is 8.96. The minimum absolute atomic E-state index is 0. The van der Waals surface area contributed by atoms with Crippen LogP contribution in [0.15, 0.2) is 72.8 Å². The van der Waals surface area contributed by atoms with E-state index in [1.807, 2.05) is 24.3 Å². The normalized spacial score (nSPS) is 14.1. The van der Waals surface area contributed by atoms with Crippen LogP contribution in [0.4, 0.5) is 10.5 Å². The zero-order valence-corrected chi connectivity index (χ0v) is 25.5. The molecule has 3 aromatic rings. The van der Waals surface area contributed by atoms with Crippen LogP contribution in [-0.4, -0.2) is 69.0 Å². The van der Waals surface area contributed by atoms with Crippen LogP contribution in [0, 0.1) is 0 Å². The number of ether oxygens (including phenoxy) is 4. The van der Waals surface area contributed by atoms with Gasteiger partial charge in [0.2, 0.25) is 5.75 Å². The largest absolute Gasteiger partial charge is 0.493 e. The molecule has 0 spiro atoms. The Bertz CT molecular complexity index is 1140. The van der Waals surface area contributed by atoms with Gasteiger partial charge in [0.1, 0.15) is 6.61 Å². The van der Waals surface area contributed by atoms with Gasteiger partial charge in [-0.3, -0.25) is 4.90 Å². The standard InChI is InChI=1S/C32H41N3O5.H2S/c1-24(35(21-25-11-7-5-8-12-25)22-26-13-9-6-10-14-26)23-40-32(36)34-17-15-27(16-18-34)33-28-19-29(37-2)31(39-4)30(20-28)38-3;/h5-14,19-20,24,27,33H,15-18,21-23H2,1-4H3;1H2/t24-;/m0./s1.